The fourth-order valence-electron chi connectivity index (χ4n) is 2.71. The van der Waals surface area contributed by atoms with Crippen molar-refractivity contribution in [1.29, 1.82) is 0 Å². The van der Waals surface area contributed by atoms with Gasteiger partial charge in [0, 0.05) is 12.2 Å². The summed E-state index contributed by atoms with van der Waals surface area (Å²) in [6.45, 7) is 6.91. The number of ether oxygens (including phenoxy) is 2. The number of nitrogens with one attached hydrogen (secondary N) is 2. The van der Waals surface area contributed by atoms with Gasteiger partial charge >= 0.3 is 11.8 Å². The van der Waals surface area contributed by atoms with Crippen molar-refractivity contribution in [3.63, 3.8) is 0 Å². The molecule has 150 valence electrons. The Morgan fingerprint density at radius 3 is 2.46 bits per heavy atom. The van der Waals surface area contributed by atoms with Crippen molar-refractivity contribution in [2.75, 3.05) is 19.0 Å². The lowest BCUT2D eigenvalue weighted by Gasteiger charge is -2.14. The van der Waals surface area contributed by atoms with Gasteiger partial charge in [0.05, 0.1) is 13.7 Å². The van der Waals surface area contributed by atoms with Crippen LogP contribution in [0.2, 0.25) is 0 Å². The first kappa shape index (κ1) is 21.3. The van der Waals surface area contributed by atoms with Crippen molar-refractivity contribution in [3.8, 4) is 11.5 Å². The zero-order chi connectivity index (χ0) is 20.5. The maximum absolute atomic E-state index is 12.2. The number of carbonyl (C=O) groups is 2. The Morgan fingerprint density at radius 1 is 1.04 bits per heavy atom. The highest BCUT2D eigenvalue weighted by molar-refractivity contribution is 6.39. The molecular weight excluding hydrogens is 356 g/mol. The predicted molar refractivity (Wildman–Crippen MR) is 110 cm³/mol. The van der Waals surface area contributed by atoms with Crippen LogP contribution in [-0.2, 0) is 16.1 Å². The van der Waals surface area contributed by atoms with E-state index in [1.165, 1.54) is 0 Å². The third-order valence-corrected chi connectivity index (χ3v) is 4.18. The number of carbonyl (C=O) groups excluding carboxylic acids is 2. The van der Waals surface area contributed by atoms with Gasteiger partial charge < -0.3 is 20.1 Å². The molecule has 0 heterocycles. The molecule has 6 nitrogen and oxygen atoms in total. The molecule has 0 saturated carbocycles. The molecule has 2 N–H and O–H groups in total. The van der Waals surface area contributed by atoms with Crippen molar-refractivity contribution in [2.24, 2.45) is 0 Å². The van der Waals surface area contributed by atoms with Crippen LogP contribution in [0.25, 0.3) is 0 Å². The van der Waals surface area contributed by atoms with Crippen molar-refractivity contribution in [2.45, 2.75) is 39.7 Å². The summed E-state index contributed by atoms with van der Waals surface area (Å²) in [4.78, 5) is 24.4. The SMILES string of the molecule is CCCOc1ccc(CNC(=O)C(=O)Nc2ccccc2C(C)C)cc1OC. The largest absolute Gasteiger partial charge is 0.493 e. The van der Waals surface area contributed by atoms with E-state index >= 15 is 0 Å². The van der Waals surface area contributed by atoms with E-state index in [1.807, 2.05) is 45.0 Å². The highest BCUT2D eigenvalue weighted by Crippen LogP contribution is 2.28. The van der Waals surface area contributed by atoms with Gasteiger partial charge in [-0.05, 0) is 41.7 Å². The minimum atomic E-state index is -0.692. The van der Waals surface area contributed by atoms with Gasteiger partial charge in [-0.3, -0.25) is 9.59 Å². The Balaban J connectivity index is 1.97. The molecule has 0 unspecified atom stereocenters. The van der Waals surface area contributed by atoms with E-state index < -0.39 is 11.8 Å². The summed E-state index contributed by atoms with van der Waals surface area (Å²) in [5.41, 5.74) is 2.44. The number of benzene rings is 2. The fraction of sp³-hybridized carbons (Fsp3) is 0.364. The van der Waals surface area contributed by atoms with Crippen LogP contribution in [0.15, 0.2) is 42.5 Å². The molecule has 2 rings (SSSR count). The van der Waals surface area contributed by atoms with Gasteiger partial charge in [0.25, 0.3) is 0 Å². The lowest BCUT2D eigenvalue weighted by molar-refractivity contribution is -0.136. The maximum Gasteiger partial charge on any atom is 0.313 e. The summed E-state index contributed by atoms with van der Waals surface area (Å²) in [7, 11) is 1.57. The monoisotopic (exact) mass is 384 g/mol. The van der Waals surface area contributed by atoms with Gasteiger partial charge in [0.2, 0.25) is 0 Å². The van der Waals surface area contributed by atoms with Crippen LogP contribution in [0.1, 0.15) is 44.2 Å². The van der Waals surface area contributed by atoms with Gasteiger partial charge in [-0.15, -0.1) is 0 Å². The fourth-order valence-corrected chi connectivity index (χ4v) is 2.71. The van der Waals surface area contributed by atoms with E-state index in [1.54, 1.807) is 25.3 Å². The lowest BCUT2D eigenvalue weighted by atomic mass is 10.0. The second kappa shape index (κ2) is 10.3. The third kappa shape index (κ3) is 5.74. The Labute approximate surface area is 166 Å². The molecule has 0 aliphatic rings. The van der Waals surface area contributed by atoms with E-state index in [9.17, 15) is 9.59 Å². The molecule has 0 spiro atoms. The summed E-state index contributed by atoms with van der Waals surface area (Å²) >= 11 is 0. The molecule has 2 aromatic rings. The topological polar surface area (TPSA) is 76.7 Å². The van der Waals surface area contributed by atoms with Crippen LogP contribution >= 0.6 is 0 Å². The Kier molecular flexibility index (Phi) is 7.87. The van der Waals surface area contributed by atoms with Crippen LogP contribution in [0.3, 0.4) is 0 Å². The highest BCUT2D eigenvalue weighted by atomic mass is 16.5. The average molecular weight is 384 g/mol. The average Bonchev–Trinajstić information content (AvgIpc) is 2.70. The molecule has 0 atom stereocenters. The first-order valence-corrected chi connectivity index (χ1v) is 9.44. The molecule has 0 radical (unpaired) electrons. The van der Waals surface area contributed by atoms with E-state index in [0.29, 0.717) is 23.8 Å². The van der Waals surface area contributed by atoms with E-state index in [4.69, 9.17) is 9.47 Å². The predicted octanol–water partition coefficient (Wildman–Crippen LogP) is 3.86. The van der Waals surface area contributed by atoms with E-state index in [0.717, 1.165) is 17.5 Å². The molecule has 0 bridgehead atoms. The summed E-state index contributed by atoms with van der Waals surface area (Å²) in [5, 5.41) is 5.32. The van der Waals surface area contributed by atoms with Gasteiger partial charge in [0.15, 0.2) is 11.5 Å². The normalized spacial score (nSPS) is 10.5. The van der Waals surface area contributed by atoms with Crippen LogP contribution in [0.5, 0.6) is 11.5 Å². The lowest BCUT2D eigenvalue weighted by Crippen LogP contribution is -2.35. The molecule has 0 aromatic heterocycles. The van der Waals surface area contributed by atoms with Crippen LogP contribution in [0, 0.1) is 0 Å². The number of hydrogen-bond donors (Lipinski definition) is 2. The molecular formula is C22H28N2O4. The van der Waals surface area contributed by atoms with Crippen molar-refractivity contribution >= 4 is 17.5 Å². The van der Waals surface area contributed by atoms with Gasteiger partial charge in [0.1, 0.15) is 0 Å². The second-order valence-electron chi connectivity index (χ2n) is 6.71. The highest BCUT2D eigenvalue weighted by Gasteiger charge is 2.16. The Bertz CT molecular complexity index is 818. The van der Waals surface area contributed by atoms with Crippen LogP contribution < -0.4 is 20.1 Å². The number of methoxy groups -OCH3 is 1. The Hall–Kier alpha value is -3.02. The summed E-state index contributed by atoms with van der Waals surface area (Å²) in [6.07, 6.45) is 0.899. The standard InChI is InChI=1S/C22H28N2O4/c1-5-12-28-19-11-10-16(13-20(19)27-4)14-23-21(25)22(26)24-18-9-7-6-8-17(18)15(2)3/h6-11,13,15H,5,12,14H2,1-4H3,(H,23,25)(H,24,26). The Morgan fingerprint density at radius 2 is 1.79 bits per heavy atom. The van der Waals surface area contributed by atoms with Crippen LogP contribution in [-0.4, -0.2) is 25.5 Å². The van der Waals surface area contributed by atoms with Gasteiger partial charge in [-0.25, -0.2) is 0 Å². The third-order valence-electron chi connectivity index (χ3n) is 4.18. The molecule has 28 heavy (non-hydrogen) atoms. The molecule has 0 fully saturated rings. The number of anilines is 1. The summed E-state index contributed by atoms with van der Waals surface area (Å²) < 4.78 is 11.0. The molecule has 0 aliphatic carbocycles. The smallest absolute Gasteiger partial charge is 0.313 e. The number of rotatable bonds is 8. The van der Waals surface area contributed by atoms with Crippen molar-refractivity contribution < 1.29 is 19.1 Å². The van der Waals surface area contributed by atoms with Gasteiger partial charge in [-0.1, -0.05) is 45.0 Å². The number of para-hydroxylation sites is 1. The van der Waals surface area contributed by atoms with E-state index in [-0.39, 0.29) is 12.5 Å². The number of amides is 2. The quantitative estimate of drug-likeness (QED) is 0.678. The first-order chi connectivity index (χ1) is 13.5. The minimum absolute atomic E-state index is 0.211. The minimum Gasteiger partial charge on any atom is -0.493 e. The molecule has 2 amide bonds. The van der Waals surface area contributed by atoms with Crippen molar-refractivity contribution in [1.82, 2.24) is 5.32 Å². The first-order valence-electron chi connectivity index (χ1n) is 9.44. The molecule has 0 aliphatic heterocycles. The second-order valence-corrected chi connectivity index (χ2v) is 6.71. The molecule has 2 aromatic carbocycles. The zero-order valence-electron chi connectivity index (χ0n) is 16.9. The van der Waals surface area contributed by atoms with Crippen molar-refractivity contribution in [3.05, 3.63) is 53.6 Å². The summed E-state index contributed by atoms with van der Waals surface area (Å²) in [5.74, 6) is 0.102. The van der Waals surface area contributed by atoms with Gasteiger partial charge in [-0.2, -0.15) is 0 Å². The maximum atomic E-state index is 12.2. The van der Waals surface area contributed by atoms with E-state index in [2.05, 4.69) is 10.6 Å². The molecule has 0 saturated heterocycles. The van der Waals surface area contributed by atoms with Crippen LogP contribution in [0.4, 0.5) is 5.69 Å². The summed E-state index contributed by atoms with van der Waals surface area (Å²) in [6, 6.07) is 12.9. The zero-order valence-corrected chi connectivity index (χ0v) is 16.9. The number of hydrogen-bond acceptors (Lipinski definition) is 4. The molecule has 6 heteroatoms.